The number of aromatic nitrogens is 2. The van der Waals surface area contributed by atoms with Gasteiger partial charge < -0.3 is 10.4 Å². The molecule has 2 aromatic carbocycles. The van der Waals surface area contributed by atoms with Gasteiger partial charge in [0.05, 0.1) is 5.52 Å². The van der Waals surface area contributed by atoms with Crippen LogP contribution in [0.5, 0.6) is 0 Å². The minimum absolute atomic E-state index is 0.111. The normalized spacial score (nSPS) is 12.3. The first-order valence-corrected chi connectivity index (χ1v) is 7.58. The molecule has 4 nitrogen and oxygen atoms in total. The van der Waals surface area contributed by atoms with E-state index in [1.165, 1.54) is 18.5 Å². The predicted molar refractivity (Wildman–Crippen MR) is 88.9 cm³/mol. The van der Waals surface area contributed by atoms with Crippen LogP contribution in [0.25, 0.3) is 10.9 Å². The van der Waals surface area contributed by atoms with Gasteiger partial charge >= 0.3 is 0 Å². The molecule has 0 fully saturated rings. The Hall–Kier alpha value is -2.53. The molecule has 0 aliphatic heterocycles. The molecule has 0 spiro atoms. The maximum Gasteiger partial charge on any atom is 0.137 e. The van der Waals surface area contributed by atoms with Crippen molar-refractivity contribution < 1.29 is 9.50 Å². The van der Waals surface area contributed by atoms with Gasteiger partial charge in [-0.25, -0.2) is 14.4 Å². The predicted octanol–water partition coefficient (Wildman–Crippen LogP) is 3.35. The molecule has 0 aliphatic carbocycles. The molecular formula is C18H18FN3O. The van der Waals surface area contributed by atoms with E-state index in [1.54, 1.807) is 6.07 Å². The third-order valence-electron chi connectivity index (χ3n) is 3.86. The smallest absolute Gasteiger partial charge is 0.137 e. The zero-order valence-electron chi connectivity index (χ0n) is 12.6. The Kier molecular flexibility index (Phi) is 4.78. The first-order valence-electron chi connectivity index (χ1n) is 7.58. The van der Waals surface area contributed by atoms with Crippen LogP contribution >= 0.6 is 0 Å². The SMILES string of the molecule is OCCC(CNc1ncnc2ccc(F)cc12)c1ccccc1. The van der Waals surface area contributed by atoms with Crippen LogP contribution in [-0.4, -0.2) is 28.2 Å². The van der Waals surface area contributed by atoms with E-state index in [2.05, 4.69) is 15.3 Å². The number of halogens is 1. The monoisotopic (exact) mass is 311 g/mol. The van der Waals surface area contributed by atoms with Crippen LogP contribution < -0.4 is 5.32 Å². The molecule has 1 unspecified atom stereocenters. The molecule has 0 bridgehead atoms. The molecule has 5 heteroatoms. The highest BCUT2D eigenvalue weighted by molar-refractivity contribution is 5.88. The van der Waals surface area contributed by atoms with Gasteiger partial charge in [0, 0.05) is 24.5 Å². The van der Waals surface area contributed by atoms with Gasteiger partial charge in [-0.05, 0) is 30.2 Å². The summed E-state index contributed by atoms with van der Waals surface area (Å²) in [6, 6.07) is 14.5. The average Bonchev–Trinajstić information content (AvgIpc) is 2.59. The lowest BCUT2D eigenvalue weighted by Crippen LogP contribution is -2.15. The number of nitrogens with zero attached hydrogens (tertiary/aromatic N) is 2. The van der Waals surface area contributed by atoms with Gasteiger partial charge in [-0.2, -0.15) is 0 Å². The average molecular weight is 311 g/mol. The Morgan fingerprint density at radius 3 is 2.70 bits per heavy atom. The number of hydrogen-bond donors (Lipinski definition) is 2. The fourth-order valence-electron chi connectivity index (χ4n) is 2.66. The molecule has 0 saturated heterocycles. The lowest BCUT2D eigenvalue weighted by molar-refractivity contribution is 0.277. The van der Waals surface area contributed by atoms with E-state index in [1.807, 2.05) is 30.3 Å². The van der Waals surface area contributed by atoms with Crippen LogP contribution in [-0.2, 0) is 0 Å². The first kappa shape index (κ1) is 15.4. The summed E-state index contributed by atoms with van der Waals surface area (Å²) in [6.07, 6.45) is 2.11. The van der Waals surface area contributed by atoms with Crippen LogP contribution in [0.4, 0.5) is 10.2 Å². The molecule has 3 rings (SSSR count). The van der Waals surface area contributed by atoms with Gasteiger partial charge in [-0.15, -0.1) is 0 Å². The van der Waals surface area contributed by atoms with Crippen molar-refractivity contribution in [3.8, 4) is 0 Å². The molecule has 1 atom stereocenters. The second-order valence-electron chi connectivity index (χ2n) is 5.38. The lowest BCUT2D eigenvalue weighted by atomic mass is 9.96. The molecular weight excluding hydrogens is 293 g/mol. The molecule has 0 aliphatic rings. The van der Waals surface area contributed by atoms with Crippen molar-refractivity contribution in [1.82, 2.24) is 9.97 Å². The zero-order valence-corrected chi connectivity index (χ0v) is 12.6. The summed E-state index contributed by atoms with van der Waals surface area (Å²) < 4.78 is 13.5. The second-order valence-corrected chi connectivity index (χ2v) is 5.38. The van der Waals surface area contributed by atoms with Crippen LogP contribution in [0, 0.1) is 5.82 Å². The third-order valence-corrected chi connectivity index (χ3v) is 3.86. The van der Waals surface area contributed by atoms with E-state index < -0.39 is 0 Å². The first-order chi connectivity index (χ1) is 11.3. The molecule has 1 heterocycles. The van der Waals surface area contributed by atoms with E-state index in [0.29, 0.717) is 29.7 Å². The van der Waals surface area contributed by atoms with Crippen LogP contribution in [0.2, 0.25) is 0 Å². The van der Waals surface area contributed by atoms with Crippen molar-refractivity contribution in [1.29, 1.82) is 0 Å². The van der Waals surface area contributed by atoms with Gasteiger partial charge in [-0.1, -0.05) is 30.3 Å². The van der Waals surface area contributed by atoms with Crippen molar-refractivity contribution >= 4 is 16.7 Å². The quantitative estimate of drug-likeness (QED) is 0.733. The molecule has 1 aromatic heterocycles. The highest BCUT2D eigenvalue weighted by Gasteiger charge is 2.12. The van der Waals surface area contributed by atoms with Gasteiger partial charge in [0.25, 0.3) is 0 Å². The highest BCUT2D eigenvalue weighted by Crippen LogP contribution is 2.23. The largest absolute Gasteiger partial charge is 0.396 e. The maximum atomic E-state index is 13.5. The van der Waals surface area contributed by atoms with Crippen LogP contribution in [0.3, 0.4) is 0 Å². The summed E-state index contributed by atoms with van der Waals surface area (Å²) in [5, 5.41) is 13.2. The number of rotatable bonds is 6. The Balaban J connectivity index is 1.82. The van der Waals surface area contributed by atoms with Crippen molar-refractivity contribution in [2.45, 2.75) is 12.3 Å². The third kappa shape index (κ3) is 3.63. The summed E-state index contributed by atoms with van der Waals surface area (Å²) in [5.41, 5.74) is 1.85. The Bertz CT molecular complexity index is 780. The van der Waals surface area contributed by atoms with Gasteiger partial charge in [0.15, 0.2) is 0 Å². The van der Waals surface area contributed by atoms with E-state index in [4.69, 9.17) is 0 Å². The number of benzene rings is 2. The summed E-state index contributed by atoms with van der Waals surface area (Å²) >= 11 is 0. The Morgan fingerprint density at radius 2 is 1.91 bits per heavy atom. The summed E-state index contributed by atoms with van der Waals surface area (Å²) in [6.45, 7) is 0.716. The topological polar surface area (TPSA) is 58.0 Å². The summed E-state index contributed by atoms with van der Waals surface area (Å²) in [7, 11) is 0. The van der Waals surface area contributed by atoms with Crippen molar-refractivity contribution in [3.05, 3.63) is 66.2 Å². The molecule has 0 radical (unpaired) electrons. The van der Waals surface area contributed by atoms with Crippen molar-refractivity contribution in [2.24, 2.45) is 0 Å². The number of nitrogens with one attached hydrogen (secondary N) is 1. The molecule has 3 aromatic rings. The van der Waals surface area contributed by atoms with Crippen LogP contribution in [0.1, 0.15) is 17.9 Å². The van der Waals surface area contributed by atoms with Crippen molar-refractivity contribution in [2.75, 3.05) is 18.5 Å². The van der Waals surface area contributed by atoms with Crippen molar-refractivity contribution in [3.63, 3.8) is 0 Å². The summed E-state index contributed by atoms with van der Waals surface area (Å²) in [4.78, 5) is 8.37. The van der Waals surface area contributed by atoms with Gasteiger partial charge in [0.1, 0.15) is 18.0 Å². The minimum Gasteiger partial charge on any atom is -0.396 e. The van der Waals surface area contributed by atoms with E-state index >= 15 is 0 Å². The van der Waals surface area contributed by atoms with Crippen LogP contribution in [0.15, 0.2) is 54.9 Å². The molecule has 0 saturated carbocycles. The fraction of sp³-hybridized carbons (Fsp3) is 0.222. The van der Waals surface area contributed by atoms with E-state index in [0.717, 1.165) is 5.56 Å². The molecule has 0 amide bonds. The number of hydrogen-bond acceptors (Lipinski definition) is 4. The Morgan fingerprint density at radius 1 is 1.09 bits per heavy atom. The number of fused-ring (bicyclic) bond motifs is 1. The van der Waals surface area contributed by atoms with Gasteiger partial charge in [0.2, 0.25) is 0 Å². The Labute approximate surface area is 134 Å². The molecule has 2 N–H and O–H groups in total. The van der Waals surface area contributed by atoms with E-state index in [9.17, 15) is 9.50 Å². The maximum absolute atomic E-state index is 13.5. The lowest BCUT2D eigenvalue weighted by Gasteiger charge is -2.18. The standard InChI is InChI=1S/C18H18FN3O/c19-15-6-7-17-16(10-15)18(22-12-21-17)20-11-14(8-9-23)13-4-2-1-3-5-13/h1-7,10,12,14,23H,8-9,11H2,(H,20,21,22). The fourth-order valence-corrected chi connectivity index (χ4v) is 2.66. The summed E-state index contributed by atoms with van der Waals surface area (Å²) in [5.74, 6) is 0.443. The number of aliphatic hydroxyl groups is 1. The molecule has 23 heavy (non-hydrogen) atoms. The van der Waals surface area contributed by atoms with Gasteiger partial charge in [-0.3, -0.25) is 0 Å². The molecule has 118 valence electrons. The number of anilines is 1. The highest BCUT2D eigenvalue weighted by atomic mass is 19.1. The zero-order chi connectivity index (χ0) is 16.1. The van der Waals surface area contributed by atoms with E-state index in [-0.39, 0.29) is 18.3 Å². The minimum atomic E-state index is -0.315. The number of aliphatic hydroxyl groups excluding tert-OH is 1. The second kappa shape index (κ2) is 7.15.